The number of fused-ring (bicyclic) bond motifs is 3. The van der Waals surface area contributed by atoms with Gasteiger partial charge in [0.25, 0.3) is 11.6 Å². The van der Waals surface area contributed by atoms with Crippen molar-refractivity contribution in [2.75, 3.05) is 31.6 Å². The lowest BCUT2D eigenvalue weighted by molar-refractivity contribution is -0.387. The Morgan fingerprint density at radius 2 is 1.82 bits per heavy atom. The Bertz CT molecular complexity index is 1400. The number of carbonyl (C=O) groups excluding carboxylic acids is 1. The average Bonchev–Trinajstić information content (AvgIpc) is 3.29. The Hall–Kier alpha value is -2.59. The number of ether oxygens (including phenoxy) is 1. The lowest BCUT2D eigenvalue weighted by Gasteiger charge is -2.39. The number of anilines is 1. The van der Waals surface area contributed by atoms with Crippen LogP contribution in [0.5, 0.6) is 0 Å². The van der Waals surface area contributed by atoms with Crippen molar-refractivity contribution in [3.63, 3.8) is 0 Å². The van der Waals surface area contributed by atoms with E-state index in [1.807, 2.05) is 35.2 Å². The number of benzene rings is 3. The number of nitrogens with one attached hydrogen (secondary N) is 1. The van der Waals surface area contributed by atoms with Crippen LogP contribution >= 0.6 is 39.3 Å². The quantitative estimate of drug-likeness (QED) is 0.189. The van der Waals surface area contributed by atoms with Crippen LogP contribution in [0.4, 0.5) is 11.4 Å². The van der Waals surface area contributed by atoms with Crippen LogP contribution in [0.2, 0.25) is 0 Å². The van der Waals surface area contributed by atoms with Crippen LogP contribution in [0.15, 0.2) is 76.1 Å². The highest BCUT2D eigenvalue weighted by molar-refractivity contribution is 9.10. The van der Waals surface area contributed by atoms with E-state index < -0.39 is 0 Å². The van der Waals surface area contributed by atoms with E-state index in [1.165, 1.54) is 11.8 Å². The Balaban J connectivity index is 1.40. The van der Waals surface area contributed by atoms with Gasteiger partial charge in [0.15, 0.2) is 0 Å². The zero-order valence-electron chi connectivity index (χ0n) is 21.0. The monoisotopic (exact) mass is 627 g/mol. The van der Waals surface area contributed by atoms with E-state index in [0.717, 1.165) is 27.7 Å². The van der Waals surface area contributed by atoms with Crippen LogP contribution in [0.3, 0.4) is 0 Å². The van der Waals surface area contributed by atoms with Crippen LogP contribution in [0.25, 0.3) is 0 Å². The molecular formula is C29H27BrClN3O4S. The van der Waals surface area contributed by atoms with Crippen LogP contribution in [0.1, 0.15) is 39.9 Å². The number of nitro groups is 1. The molecule has 39 heavy (non-hydrogen) atoms. The summed E-state index contributed by atoms with van der Waals surface area (Å²) in [6.45, 7) is 2.21. The van der Waals surface area contributed by atoms with E-state index in [2.05, 4.69) is 39.4 Å². The molecule has 1 N–H and O–H groups in total. The molecule has 2 heterocycles. The van der Waals surface area contributed by atoms with E-state index >= 15 is 0 Å². The molecule has 3 aromatic rings. The third-order valence-electron chi connectivity index (χ3n) is 7.95. The fourth-order valence-electron chi connectivity index (χ4n) is 6.13. The maximum atomic E-state index is 13.7. The average molecular weight is 629 g/mol. The summed E-state index contributed by atoms with van der Waals surface area (Å²) in [7, 11) is 0. The highest BCUT2D eigenvalue weighted by Crippen LogP contribution is 2.58. The van der Waals surface area contributed by atoms with Gasteiger partial charge in [-0.15, -0.1) is 23.4 Å². The van der Waals surface area contributed by atoms with E-state index in [0.29, 0.717) is 36.8 Å². The lowest BCUT2D eigenvalue weighted by Crippen LogP contribution is -2.41. The summed E-state index contributed by atoms with van der Waals surface area (Å²) in [5.41, 5.74) is 3.74. The number of amides is 1. The Kier molecular flexibility index (Phi) is 7.59. The number of nitrogens with zero attached hydrogens (tertiary/aromatic N) is 2. The molecule has 0 aromatic heterocycles. The highest BCUT2D eigenvalue weighted by atomic mass is 79.9. The first-order valence-electron chi connectivity index (χ1n) is 13.0. The second-order valence-electron chi connectivity index (χ2n) is 10.1. The van der Waals surface area contributed by atoms with Gasteiger partial charge in [-0.05, 0) is 47.7 Å². The number of hydrogen-bond donors (Lipinski definition) is 1. The zero-order valence-corrected chi connectivity index (χ0v) is 24.1. The molecule has 3 aromatic carbocycles. The zero-order chi connectivity index (χ0) is 27.1. The predicted octanol–water partition coefficient (Wildman–Crippen LogP) is 6.87. The molecular weight excluding hydrogens is 602 g/mol. The van der Waals surface area contributed by atoms with Gasteiger partial charge in [-0.3, -0.25) is 14.9 Å². The van der Waals surface area contributed by atoms with Gasteiger partial charge in [0.2, 0.25) is 0 Å². The Morgan fingerprint density at radius 1 is 1.08 bits per heavy atom. The topological polar surface area (TPSA) is 84.7 Å². The molecule has 1 saturated heterocycles. The maximum absolute atomic E-state index is 13.7. The van der Waals surface area contributed by atoms with Gasteiger partial charge in [0, 0.05) is 34.8 Å². The number of halogens is 2. The first kappa shape index (κ1) is 26.6. The summed E-state index contributed by atoms with van der Waals surface area (Å²) >= 11 is 12.3. The Morgan fingerprint density at radius 3 is 2.56 bits per heavy atom. The first-order chi connectivity index (χ1) is 18.9. The summed E-state index contributed by atoms with van der Waals surface area (Å²) in [6, 6.07) is 20.9. The molecule has 3 aliphatic rings. The third kappa shape index (κ3) is 5.06. The molecule has 0 bridgehead atoms. The van der Waals surface area contributed by atoms with Gasteiger partial charge >= 0.3 is 0 Å². The molecule has 0 radical (unpaired) electrons. The number of carbonyl (C=O) groups is 1. The van der Waals surface area contributed by atoms with Crippen LogP contribution < -0.4 is 5.32 Å². The molecule has 0 unspecified atom stereocenters. The number of morpholine rings is 1. The SMILES string of the molecule is O=C(c1cccc2c1N[C@H](c1ccc(Br)cc1)[C@@H]1C[C@H](Sc3ccccc3[N+](=O)[O-])[C@H](Cl)[C@@H]21)N1CCOCC1. The van der Waals surface area contributed by atoms with E-state index in [4.69, 9.17) is 16.3 Å². The highest BCUT2D eigenvalue weighted by Gasteiger charge is 2.51. The minimum absolute atomic E-state index is 0.00869. The molecule has 0 spiro atoms. The molecule has 2 aliphatic heterocycles. The number of rotatable bonds is 5. The molecule has 1 amide bonds. The second kappa shape index (κ2) is 11.1. The van der Waals surface area contributed by atoms with Gasteiger partial charge in [-0.1, -0.05) is 52.3 Å². The van der Waals surface area contributed by atoms with E-state index in [-0.39, 0.29) is 45.0 Å². The van der Waals surface area contributed by atoms with Gasteiger partial charge in [0.05, 0.1) is 45.7 Å². The predicted molar refractivity (Wildman–Crippen MR) is 157 cm³/mol. The van der Waals surface area contributed by atoms with Gasteiger partial charge in [0.1, 0.15) is 0 Å². The van der Waals surface area contributed by atoms with Crippen molar-refractivity contribution < 1.29 is 14.5 Å². The summed E-state index contributed by atoms with van der Waals surface area (Å²) < 4.78 is 6.46. The summed E-state index contributed by atoms with van der Waals surface area (Å²) in [5.74, 6) is 0.120. The maximum Gasteiger partial charge on any atom is 0.282 e. The standard InChI is InChI=1S/C29H27BrClN3O4S/c30-18-10-8-17(9-11-18)27-21-16-24(39-23-7-2-1-6-22(23)34(36)37)26(31)25(21)19-4-3-5-20(28(19)32-27)29(35)33-12-14-38-15-13-33/h1-11,21,24-27,32H,12-16H2/t21-,24+,25+,26+,27-/m1/s1. The summed E-state index contributed by atoms with van der Waals surface area (Å²) in [6.07, 6.45) is 0.782. The number of alkyl halides is 1. The first-order valence-corrected chi connectivity index (χ1v) is 15.1. The van der Waals surface area contributed by atoms with E-state index in [9.17, 15) is 14.9 Å². The second-order valence-corrected chi connectivity index (χ2v) is 12.8. The fraction of sp³-hybridized carbons (Fsp3) is 0.345. The van der Waals surface area contributed by atoms with Crippen molar-refractivity contribution in [1.82, 2.24) is 4.90 Å². The van der Waals surface area contributed by atoms with Crippen LogP contribution in [0, 0.1) is 16.0 Å². The molecule has 5 atom stereocenters. The van der Waals surface area contributed by atoms with Crippen molar-refractivity contribution in [3.05, 3.63) is 98.0 Å². The molecule has 1 saturated carbocycles. The van der Waals surface area contributed by atoms with Crippen molar-refractivity contribution >= 4 is 56.6 Å². The number of para-hydroxylation sites is 2. The molecule has 6 rings (SSSR count). The van der Waals surface area contributed by atoms with Crippen molar-refractivity contribution in [1.29, 1.82) is 0 Å². The van der Waals surface area contributed by atoms with Gasteiger partial charge in [-0.25, -0.2) is 0 Å². The fourth-order valence-corrected chi connectivity index (χ4v) is 8.34. The minimum Gasteiger partial charge on any atom is -0.378 e. The lowest BCUT2D eigenvalue weighted by atomic mass is 9.76. The Labute approximate surface area is 244 Å². The van der Waals surface area contributed by atoms with Crippen molar-refractivity contribution in [2.24, 2.45) is 5.92 Å². The molecule has 202 valence electrons. The summed E-state index contributed by atoms with van der Waals surface area (Å²) in [5, 5.41) is 15.1. The van der Waals surface area contributed by atoms with Crippen molar-refractivity contribution in [2.45, 2.75) is 33.9 Å². The van der Waals surface area contributed by atoms with Crippen molar-refractivity contribution in [3.8, 4) is 0 Å². The number of thioether (sulfide) groups is 1. The largest absolute Gasteiger partial charge is 0.378 e. The van der Waals surface area contributed by atoms with E-state index in [1.54, 1.807) is 18.2 Å². The van der Waals surface area contributed by atoms with Crippen LogP contribution in [-0.2, 0) is 4.74 Å². The molecule has 2 fully saturated rings. The molecule has 7 nitrogen and oxygen atoms in total. The minimum atomic E-state index is -0.335. The number of nitro benzene ring substituents is 1. The summed E-state index contributed by atoms with van der Waals surface area (Å²) in [4.78, 5) is 27.5. The molecule has 10 heteroatoms. The smallest absolute Gasteiger partial charge is 0.282 e. The third-order valence-corrected chi connectivity index (χ3v) is 10.6. The number of hydrogen-bond acceptors (Lipinski definition) is 6. The van der Waals surface area contributed by atoms with Gasteiger partial charge < -0.3 is 15.0 Å². The molecule has 1 aliphatic carbocycles. The van der Waals surface area contributed by atoms with Crippen LogP contribution in [-0.4, -0.2) is 52.7 Å². The van der Waals surface area contributed by atoms with Gasteiger partial charge in [-0.2, -0.15) is 0 Å². The normalized spacial score (nSPS) is 25.9.